The Morgan fingerprint density at radius 3 is 2.71 bits per heavy atom. The highest BCUT2D eigenvalue weighted by Gasteiger charge is 2.32. The van der Waals surface area contributed by atoms with Crippen LogP contribution in [0.2, 0.25) is 0 Å². The van der Waals surface area contributed by atoms with Crippen molar-refractivity contribution in [3.63, 3.8) is 0 Å². The van der Waals surface area contributed by atoms with E-state index < -0.39 is 5.25 Å². The van der Waals surface area contributed by atoms with Gasteiger partial charge in [0.2, 0.25) is 5.91 Å². The molecule has 4 rings (SSSR count). The predicted molar refractivity (Wildman–Crippen MR) is 118 cm³/mol. The number of furan rings is 1. The lowest BCUT2D eigenvalue weighted by molar-refractivity contribution is -0.118. The third kappa shape index (κ3) is 3.63. The average molecular weight is 430 g/mol. The first kappa shape index (κ1) is 20.5. The van der Waals surface area contributed by atoms with Crippen LogP contribution in [0.15, 0.2) is 52.1 Å². The Bertz CT molecular complexity index is 1220. The highest BCUT2D eigenvalue weighted by Crippen LogP contribution is 2.39. The molecule has 1 amide bonds. The van der Waals surface area contributed by atoms with Gasteiger partial charge in [-0.3, -0.25) is 4.79 Å². The van der Waals surface area contributed by atoms with Gasteiger partial charge in [-0.05, 0) is 36.6 Å². The molecule has 1 unspecified atom stereocenters. The number of amides is 1. The van der Waals surface area contributed by atoms with Crippen molar-refractivity contribution in [3.05, 3.63) is 59.4 Å². The van der Waals surface area contributed by atoms with Crippen molar-refractivity contribution >= 4 is 29.2 Å². The molecular weight excluding hydrogens is 410 g/mol. The number of carbonyl (C=O) groups excluding carboxylic acids is 1. The van der Waals surface area contributed by atoms with Crippen molar-refractivity contribution in [1.82, 2.24) is 4.98 Å². The SMILES string of the molecule is CCC(Sc1nc(N)c(C#N)c(-c2ccco2)c1C#N)C(=O)N1CCc2ccccc21. The van der Waals surface area contributed by atoms with Crippen molar-refractivity contribution in [2.24, 2.45) is 0 Å². The van der Waals surface area contributed by atoms with Crippen LogP contribution in [0.5, 0.6) is 0 Å². The van der Waals surface area contributed by atoms with E-state index in [1.54, 1.807) is 17.0 Å². The maximum Gasteiger partial charge on any atom is 0.240 e. The van der Waals surface area contributed by atoms with E-state index in [2.05, 4.69) is 11.1 Å². The molecule has 1 aliphatic rings. The monoisotopic (exact) mass is 429 g/mol. The number of nitriles is 2. The summed E-state index contributed by atoms with van der Waals surface area (Å²) >= 11 is 1.20. The van der Waals surface area contributed by atoms with E-state index in [1.807, 2.05) is 37.3 Å². The summed E-state index contributed by atoms with van der Waals surface area (Å²) < 4.78 is 5.44. The minimum atomic E-state index is -0.456. The maximum atomic E-state index is 13.4. The lowest BCUT2D eigenvalue weighted by Crippen LogP contribution is -2.36. The molecule has 0 aliphatic carbocycles. The number of nitrogens with two attached hydrogens (primary N) is 1. The van der Waals surface area contributed by atoms with Gasteiger partial charge < -0.3 is 15.1 Å². The van der Waals surface area contributed by atoms with Gasteiger partial charge in [-0.15, -0.1) is 0 Å². The molecule has 3 heterocycles. The largest absolute Gasteiger partial charge is 0.464 e. The zero-order chi connectivity index (χ0) is 22.0. The molecule has 1 atom stereocenters. The smallest absolute Gasteiger partial charge is 0.240 e. The molecule has 0 fully saturated rings. The van der Waals surface area contributed by atoms with Crippen LogP contribution in [0, 0.1) is 22.7 Å². The summed E-state index contributed by atoms with van der Waals surface area (Å²) in [4.78, 5) is 19.5. The molecular formula is C23H19N5O2S. The molecule has 0 spiro atoms. The molecule has 154 valence electrons. The molecule has 0 saturated carbocycles. The van der Waals surface area contributed by atoms with Crippen LogP contribution in [-0.2, 0) is 11.2 Å². The molecule has 1 aromatic carbocycles. The van der Waals surface area contributed by atoms with Gasteiger partial charge in [0.25, 0.3) is 0 Å². The second kappa shape index (κ2) is 8.55. The van der Waals surface area contributed by atoms with Crippen LogP contribution >= 0.6 is 11.8 Å². The number of aromatic nitrogens is 1. The van der Waals surface area contributed by atoms with Crippen LogP contribution in [0.4, 0.5) is 11.5 Å². The Hall–Kier alpha value is -3.75. The Morgan fingerprint density at radius 1 is 1.26 bits per heavy atom. The van der Waals surface area contributed by atoms with Crippen LogP contribution < -0.4 is 10.6 Å². The fourth-order valence-electron chi connectivity index (χ4n) is 3.73. The number of fused-ring (bicyclic) bond motifs is 1. The third-order valence-electron chi connectivity index (χ3n) is 5.24. The fourth-order valence-corrected chi connectivity index (χ4v) is 4.82. The van der Waals surface area contributed by atoms with Crippen LogP contribution in [0.3, 0.4) is 0 Å². The van der Waals surface area contributed by atoms with E-state index >= 15 is 0 Å². The number of nitrogen functional groups attached to an aromatic ring is 1. The van der Waals surface area contributed by atoms with Crippen molar-refractivity contribution in [3.8, 4) is 23.5 Å². The Labute approximate surface area is 184 Å². The van der Waals surface area contributed by atoms with Crippen molar-refractivity contribution in [1.29, 1.82) is 10.5 Å². The number of para-hydroxylation sites is 1. The lowest BCUT2D eigenvalue weighted by atomic mass is 10.0. The van der Waals surface area contributed by atoms with Crippen molar-refractivity contribution < 1.29 is 9.21 Å². The quantitative estimate of drug-likeness (QED) is 0.606. The van der Waals surface area contributed by atoms with Gasteiger partial charge in [0.05, 0.1) is 22.6 Å². The molecule has 31 heavy (non-hydrogen) atoms. The minimum absolute atomic E-state index is 0.00391. The maximum absolute atomic E-state index is 13.4. The summed E-state index contributed by atoms with van der Waals surface area (Å²) in [5.41, 5.74) is 8.69. The number of hydrogen-bond acceptors (Lipinski definition) is 7. The number of pyridine rings is 1. The van der Waals surface area contributed by atoms with Gasteiger partial charge in [-0.25, -0.2) is 4.98 Å². The highest BCUT2D eigenvalue weighted by atomic mass is 32.2. The first-order chi connectivity index (χ1) is 15.1. The summed E-state index contributed by atoms with van der Waals surface area (Å²) in [5.74, 6) is 0.326. The second-order valence-electron chi connectivity index (χ2n) is 7.01. The molecule has 3 aromatic rings. The number of thioether (sulfide) groups is 1. The summed E-state index contributed by atoms with van der Waals surface area (Å²) in [6, 6.07) is 15.4. The number of rotatable bonds is 5. The summed E-state index contributed by atoms with van der Waals surface area (Å²) in [6.07, 6.45) is 2.83. The first-order valence-corrected chi connectivity index (χ1v) is 10.7. The Kier molecular flexibility index (Phi) is 5.66. The number of benzene rings is 1. The molecule has 1 aliphatic heterocycles. The van der Waals surface area contributed by atoms with E-state index in [0.29, 0.717) is 29.3 Å². The van der Waals surface area contributed by atoms with Crippen LogP contribution in [0.25, 0.3) is 11.3 Å². The van der Waals surface area contributed by atoms with E-state index in [-0.39, 0.29) is 22.9 Å². The second-order valence-corrected chi connectivity index (χ2v) is 8.20. The topological polar surface area (TPSA) is 120 Å². The van der Waals surface area contributed by atoms with Crippen molar-refractivity contribution in [2.75, 3.05) is 17.2 Å². The van der Waals surface area contributed by atoms with E-state index in [4.69, 9.17) is 10.2 Å². The third-order valence-corrected chi connectivity index (χ3v) is 6.57. The molecule has 0 bridgehead atoms. The van der Waals surface area contributed by atoms with E-state index in [0.717, 1.165) is 17.7 Å². The van der Waals surface area contributed by atoms with Crippen molar-refractivity contribution in [2.45, 2.75) is 30.0 Å². The molecule has 8 heteroatoms. The standard InChI is InChI=1S/C23H19N5O2S/c1-2-19(23(29)28-10-9-14-6-3-4-7-17(14)28)31-22-16(13-25)20(18-8-5-11-30-18)15(12-24)21(26)27-22/h3-8,11,19H,2,9-10H2,1H3,(H2,26,27). The van der Waals surface area contributed by atoms with E-state index in [9.17, 15) is 15.3 Å². The molecule has 0 saturated heterocycles. The van der Waals surface area contributed by atoms with Gasteiger partial charge in [-0.2, -0.15) is 10.5 Å². The molecule has 2 N–H and O–H groups in total. The normalized spacial score (nSPS) is 13.3. The lowest BCUT2D eigenvalue weighted by Gasteiger charge is -2.23. The fraction of sp³-hybridized carbons (Fsp3) is 0.217. The summed E-state index contributed by atoms with van der Waals surface area (Å²) in [6.45, 7) is 2.55. The predicted octanol–water partition coefficient (Wildman–Crippen LogP) is 4.13. The summed E-state index contributed by atoms with van der Waals surface area (Å²) in [5, 5.41) is 19.3. The highest BCUT2D eigenvalue weighted by molar-refractivity contribution is 8.00. The zero-order valence-corrected chi connectivity index (χ0v) is 17.6. The Balaban J connectivity index is 1.72. The number of hydrogen-bond donors (Lipinski definition) is 1. The molecule has 2 aromatic heterocycles. The summed E-state index contributed by atoms with van der Waals surface area (Å²) in [7, 11) is 0. The molecule has 7 nitrogen and oxygen atoms in total. The first-order valence-electron chi connectivity index (χ1n) is 9.82. The van der Waals surface area contributed by atoms with Gasteiger partial charge in [0.1, 0.15) is 34.3 Å². The number of nitrogens with zero attached hydrogens (tertiary/aromatic N) is 4. The average Bonchev–Trinajstić information content (AvgIpc) is 3.46. The van der Waals surface area contributed by atoms with Gasteiger partial charge in [0, 0.05) is 12.2 Å². The van der Waals surface area contributed by atoms with E-state index in [1.165, 1.54) is 18.0 Å². The van der Waals surface area contributed by atoms with Gasteiger partial charge >= 0.3 is 0 Å². The van der Waals surface area contributed by atoms with Gasteiger partial charge in [0.15, 0.2) is 0 Å². The minimum Gasteiger partial charge on any atom is -0.464 e. The number of carbonyl (C=O) groups is 1. The van der Waals surface area contributed by atoms with Crippen LogP contribution in [0.1, 0.15) is 30.0 Å². The Morgan fingerprint density at radius 2 is 2.03 bits per heavy atom. The molecule has 0 radical (unpaired) electrons. The van der Waals surface area contributed by atoms with Gasteiger partial charge in [-0.1, -0.05) is 36.9 Å². The van der Waals surface area contributed by atoms with Crippen LogP contribution in [-0.4, -0.2) is 22.7 Å². The zero-order valence-electron chi connectivity index (χ0n) is 16.8. The number of anilines is 2.